The van der Waals surface area contributed by atoms with Crippen molar-refractivity contribution in [2.75, 3.05) is 5.32 Å². The van der Waals surface area contributed by atoms with Gasteiger partial charge in [0.15, 0.2) is 6.10 Å². The molecule has 1 aromatic rings. The third-order valence-electron chi connectivity index (χ3n) is 1.64. The monoisotopic (exact) mass is 199 g/mol. The van der Waals surface area contributed by atoms with Crippen molar-refractivity contribution in [3.05, 3.63) is 11.5 Å². The summed E-state index contributed by atoms with van der Waals surface area (Å²) in [5, 5.41) is 2.69. The summed E-state index contributed by atoms with van der Waals surface area (Å²) >= 11 is 5.55. The van der Waals surface area contributed by atoms with Crippen LogP contribution >= 0.6 is 11.6 Å². The molecule has 0 aromatic carbocycles. The Kier molecular flexibility index (Phi) is 1.81. The average Bonchev–Trinajstić information content (AvgIpc) is 2.08. The number of halogens is 1. The van der Waals surface area contributed by atoms with E-state index in [4.69, 9.17) is 16.3 Å². The average molecular weight is 200 g/mol. The molecule has 0 spiro atoms. The molecular formula is C7H6ClN3O2. The van der Waals surface area contributed by atoms with Crippen LogP contribution in [0.15, 0.2) is 6.20 Å². The number of ether oxygens (including phenoxy) is 1. The number of rotatable bonds is 0. The van der Waals surface area contributed by atoms with Gasteiger partial charge in [0.25, 0.3) is 5.91 Å². The second-order valence-corrected chi connectivity index (χ2v) is 2.95. The molecule has 0 unspecified atom stereocenters. The van der Waals surface area contributed by atoms with E-state index in [-0.39, 0.29) is 11.2 Å². The lowest BCUT2D eigenvalue weighted by Gasteiger charge is -2.21. The van der Waals surface area contributed by atoms with Crippen LogP contribution in [0.2, 0.25) is 5.28 Å². The quantitative estimate of drug-likeness (QED) is 0.630. The van der Waals surface area contributed by atoms with Crippen molar-refractivity contribution >= 4 is 23.2 Å². The van der Waals surface area contributed by atoms with Crippen molar-refractivity contribution in [3.63, 3.8) is 0 Å². The van der Waals surface area contributed by atoms with Crippen LogP contribution in [0.4, 0.5) is 5.69 Å². The number of anilines is 1. The maximum Gasteiger partial charge on any atom is 0.265 e. The van der Waals surface area contributed by atoms with Gasteiger partial charge in [-0.1, -0.05) is 0 Å². The topological polar surface area (TPSA) is 64.1 Å². The molecule has 6 heteroatoms. The molecule has 1 N–H and O–H groups in total. The first-order chi connectivity index (χ1) is 6.16. The van der Waals surface area contributed by atoms with E-state index in [9.17, 15) is 4.79 Å². The Balaban J connectivity index is 2.42. The zero-order chi connectivity index (χ0) is 9.42. The number of amides is 1. The van der Waals surface area contributed by atoms with Crippen molar-refractivity contribution in [2.45, 2.75) is 13.0 Å². The van der Waals surface area contributed by atoms with Crippen LogP contribution in [0.1, 0.15) is 6.92 Å². The van der Waals surface area contributed by atoms with Crippen molar-refractivity contribution in [1.29, 1.82) is 0 Å². The molecule has 2 rings (SSSR count). The maximum atomic E-state index is 11.1. The number of hydrogen-bond acceptors (Lipinski definition) is 4. The van der Waals surface area contributed by atoms with Gasteiger partial charge in [0, 0.05) is 0 Å². The summed E-state index contributed by atoms with van der Waals surface area (Å²) in [6.07, 6.45) is 0.868. The number of hydrogen-bond donors (Lipinski definition) is 1. The zero-order valence-corrected chi connectivity index (χ0v) is 7.50. The molecule has 13 heavy (non-hydrogen) atoms. The maximum absolute atomic E-state index is 11.1. The molecule has 1 aromatic heterocycles. The molecule has 1 amide bonds. The number of nitrogens with one attached hydrogen (secondary N) is 1. The number of fused-ring (bicyclic) bond motifs is 1. The molecule has 1 aliphatic heterocycles. The van der Waals surface area contributed by atoms with Crippen molar-refractivity contribution in [1.82, 2.24) is 9.97 Å². The molecule has 68 valence electrons. The molecule has 0 aliphatic carbocycles. The van der Waals surface area contributed by atoms with E-state index in [1.807, 2.05) is 0 Å². The molecule has 0 fully saturated rings. The Morgan fingerprint density at radius 2 is 2.46 bits per heavy atom. The van der Waals surface area contributed by atoms with Crippen molar-refractivity contribution in [2.24, 2.45) is 0 Å². The Bertz CT molecular complexity index is 369. The molecule has 2 heterocycles. The van der Waals surface area contributed by atoms with Gasteiger partial charge in [-0.05, 0) is 18.5 Å². The molecule has 5 nitrogen and oxygen atoms in total. The highest BCUT2D eigenvalue weighted by Crippen LogP contribution is 2.26. The van der Waals surface area contributed by atoms with E-state index in [2.05, 4.69) is 15.3 Å². The minimum absolute atomic E-state index is 0.0992. The highest BCUT2D eigenvalue weighted by Gasteiger charge is 2.24. The van der Waals surface area contributed by atoms with Crippen LogP contribution < -0.4 is 10.1 Å². The fourth-order valence-electron chi connectivity index (χ4n) is 0.977. The van der Waals surface area contributed by atoms with E-state index < -0.39 is 6.10 Å². The van der Waals surface area contributed by atoms with E-state index in [1.165, 1.54) is 6.20 Å². The SMILES string of the molecule is C[C@H]1Oc2nc(Cl)ncc2NC1=O. The molecular weight excluding hydrogens is 194 g/mol. The van der Waals surface area contributed by atoms with Crippen LogP contribution in [-0.4, -0.2) is 22.0 Å². The first-order valence-corrected chi connectivity index (χ1v) is 4.04. The predicted octanol–water partition coefficient (Wildman–Crippen LogP) is 0.849. The summed E-state index contributed by atoms with van der Waals surface area (Å²) in [7, 11) is 0. The predicted molar refractivity (Wildman–Crippen MR) is 45.8 cm³/mol. The summed E-state index contributed by atoms with van der Waals surface area (Å²) in [5.41, 5.74) is 0.451. The van der Waals surface area contributed by atoms with Gasteiger partial charge in [-0.2, -0.15) is 4.98 Å². The lowest BCUT2D eigenvalue weighted by atomic mass is 10.3. The van der Waals surface area contributed by atoms with Gasteiger partial charge >= 0.3 is 0 Å². The summed E-state index contributed by atoms with van der Waals surface area (Å²) in [6, 6.07) is 0. The third kappa shape index (κ3) is 1.42. The molecule has 0 radical (unpaired) electrons. The molecule has 1 atom stereocenters. The Morgan fingerprint density at radius 1 is 1.69 bits per heavy atom. The fourth-order valence-corrected chi connectivity index (χ4v) is 1.10. The van der Waals surface area contributed by atoms with Gasteiger partial charge in [-0.3, -0.25) is 4.79 Å². The lowest BCUT2D eigenvalue weighted by Crippen LogP contribution is -2.34. The Hall–Kier alpha value is -1.36. The molecule has 1 aliphatic rings. The standard InChI is InChI=1S/C7H6ClN3O2/c1-3-5(12)10-4-2-9-7(8)11-6(4)13-3/h2-3H,1H3,(H,10,12)/t3-/m1/s1. The van der Waals surface area contributed by atoms with Gasteiger partial charge in [0.2, 0.25) is 11.2 Å². The van der Waals surface area contributed by atoms with Gasteiger partial charge in [0.05, 0.1) is 6.20 Å². The summed E-state index contributed by atoms with van der Waals surface area (Å²) in [5.74, 6) is 0.102. The van der Waals surface area contributed by atoms with Crippen LogP contribution in [0.5, 0.6) is 5.88 Å². The van der Waals surface area contributed by atoms with Gasteiger partial charge in [-0.25, -0.2) is 4.98 Å². The second kappa shape index (κ2) is 2.85. The first kappa shape index (κ1) is 8.25. The summed E-state index contributed by atoms with van der Waals surface area (Å²) in [6.45, 7) is 1.63. The minimum atomic E-state index is -0.543. The van der Waals surface area contributed by atoms with Gasteiger partial charge in [0.1, 0.15) is 5.69 Å². The molecule has 0 saturated carbocycles. The van der Waals surface area contributed by atoms with Crippen LogP contribution in [-0.2, 0) is 4.79 Å². The zero-order valence-electron chi connectivity index (χ0n) is 6.74. The number of nitrogens with zero attached hydrogens (tertiary/aromatic N) is 2. The van der Waals surface area contributed by atoms with E-state index in [0.717, 1.165) is 0 Å². The summed E-state index contributed by atoms with van der Waals surface area (Å²) in [4.78, 5) is 18.6. The highest BCUT2D eigenvalue weighted by molar-refractivity contribution is 6.28. The van der Waals surface area contributed by atoms with E-state index in [1.54, 1.807) is 6.92 Å². The highest BCUT2D eigenvalue weighted by atomic mass is 35.5. The smallest absolute Gasteiger partial charge is 0.265 e. The molecule has 0 bridgehead atoms. The Morgan fingerprint density at radius 3 is 3.23 bits per heavy atom. The van der Waals surface area contributed by atoms with Crippen molar-refractivity contribution < 1.29 is 9.53 Å². The lowest BCUT2D eigenvalue weighted by molar-refractivity contribution is -0.122. The second-order valence-electron chi connectivity index (χ2n) is 2.61. The van der Waals surface area contributed by atoms with Crippen LogP contribution in [0, 0.1) is 0 Å². The van der Waals surface area contributed by atoms with Crippen molar-refractivity contribution in [3.8, 4) is 5.88 Å². The van der Waals surface area contributed by atoms with Crippen LogP contribution in [0.3, 0.4) is 0 Å². The van der Waals surface area contributed by atoms with Gasteiger partial charge < -0.3 is 10.1 Å². The Labute approximate surface area is 79.1 Å². The molecule has 0 saturated heterocycles. The van der Waals surface area contributed by atoms with E-state index >= 15 is 0 Å². The fraction of sp³-hybridized carbons (Fsp3) is 0.286. The number of carbonyl (C=O) groups excluding carboxylic acids is 1. The van der Waals surface area contributed by atoms with Gasteiger partial charge in [-0.15, -0.1) is 0 Å². The largest absolute Gasteiger partial charge is 0.463 e. The van der Waals surface area contributed by atoms with Crippen LogP contribution in [0.25, 0.3) is 0 Å². The first-order valence-electron chi connectivity index (χ1n) is 3.67. The normalized spacial score (nSPS) is 20.2. The summed E-state index contributed by atoms with van der Waals surface area (Å²) < 4.78 is 5.18. The van der Waals surface area contributed by atoms with E-state index in [0.29, 0.717) is 11.6 Å². The number of aromatic nitrogens is 2. The number of carbonyl (C=O) groups is 1. The third-order valence-corrected chi connectivity index (χ3v) is 1.82. The minimum Gasteiger partial charge on any atom is -0.463 e.